The van der Waals surface area contributed by atoms with Gasteiger partial charge in [-0.1, -0.05) is 50.6 Å². The minimum atomic E-state index is -4.00. The first-order valence-electron chi connectivity index (χ1n) is 18.8. The van der Waals surface area contributed by atoms with Gasteiger partial charge in [-0.2, -0.15) is 0 Å². The number of allylic oxidation sites excluding steroid dienone is 1. The molecule has 2 aliphatic carbocycles. The van der Waals surface area contributed by atoms with Gasteiger partial charge in [0.1, 0.15) is 29.5 Å². The highest BCUT2D eigenvalue weighted by Gasteiger charge is 2.63. The number of ether oxygens (including phenoxy) is 2. The number of nitrogens with one attached hydrogen (secondary N) is 3. The summed E-state index contributed by atoms with van der Waals surface area (Å²) >= 11 is 0. The predicted octanol–water partition coefficient (Wildman–Crippen LogP) is 3.82. The van der Waals surface area contributed by atoms with Crippen molar-refractivity contribution in [1.29, 1.82) is 0 Å². The van der Waals surface area contributed by atoms with Crippen LogP contribution in [0.15, 0.2) is 36.4 Å². The summed E-state index contributed by atoms with van der Waals surface area (Å²) in [5.41, 5.74) is -0.778. The number of hydrogen-bond donors (Lipinski definition) is 4. The van der Waals surface area contributed by atoms with Crippen molar-refractivity contribution in [2.45, 2.75) is 113 Å². The number of pyridine rings is 1. The van der Waals surface area contributed by atoms with Gasteiger partial charge in [0.25, 0.3) is 5.91 Å². The molecule has 15 heteroatoms. The molecule has 4 heterocycles. The van der Waals surface area contributed by atoms with Crippen LogP contribution in [-0.2, 0) is 30.8 Å². The van der Waals surface area contributed by atoms with Gasteiger partial charge in [-0.05, 0) is 76.2 Å². The Labute approximate surface area is 309 Å². The second-order valence-corrected chi connectivity index (χ2v) is 18.0. The summed E-state index contributed by atoms with van der Waals surface area (Å²) in [6, 6.07) is 5.30. The normalized spacial score (nSPS) is 31.0. The van der Waals surface area contributed by atoms with Gasteiger partial charge in [0.2, 0.25) is 27.7 Å². The van der Waals surface area contributed by atoms with Gasteiger partial charge < -0.3 is 30.1 Å². The number of hydrogen-bond acceptors (Lipinski definition) is 9. The van der Waals surface area contributed by atoms with Crippen molar-refractivity contribution in [3.8, 4) is 11.6 Å². The maximum Gasteiger partial charge on any atom is 0.405 e. The van der Waals surface area contributed by atoms with Gasteiger partial charge in [-0.15, -0.1) is 0 Å². The smallest absolute Gasteiger partial charge is 0.405 e. The van der Waals surface area contributed by atoms with Crippen LogP contribution in [0.5, 0.6) is 11.6 Å². The third kappa shape index (κ3) is 7.16. The van der Waals surface area contributed by atoms with E-state index in [4.69, 9.17) is 14.5 Å². The van der Waals surface area contributed by atoms with Crippen molar-refractivity contribution >= 4 is 44.6 Å². The number of sulfonamides is 1. The van der Waals surface area contributed by atoms with Crippen molar-refractivity contribution in [2.24, 2.45) is 17.8 Å². The number of fused-ring (bicyclic) bond motifs is 5. The molecule has 286 valence electrons. The molecule has 53 heavy (non-hydrogen) atoms. The van der Waals surface area contributed by atoms with E-state index < -0.39 is 68.2 Å². The van der Waals surface area contributed by atoms with Crippen molar-refractivity contribution in [3.63, 3.8) is 0 Å². The van der Waals surface area contributed by atoms with Gasteiger partial charge in [-0.3, -0.25) is 19.1 Å². The third-order valence-electron chi connectivity index (χ3n) is 11.9. The number of carbonyl (C=O) groups excluding carboxylic acids is 3. The lowest BCUT2D eigenvalue weighted by Crippen LogP contribution is -2.59. The van der Waals surface area contributed by atoms with Gasteiger partial charge in [0, 0.05) is 23.1 Å². The molecule has 1 saturated heterocycles. The topological polar surface area (TPSA) is 193 Å². The Balaban J connectivity index is 1.24. The average Bonchev–Trinajstić information content (AvgIpc) is 4.01. The molecule has 0 radical (unpaired) electrons. The van der Waals surface area contributed by atoms with Crippen molar-refractivity contribution in [1.82, 2.24) is 25.2 Å². The van der Waals surface area contributed by atoms with Crippen LogP contribution in [0.25, 0.3) is 10.8 Å². The summed E-state index contributed by atoms with van der Waals surface area (Å²) in [7, 11) is -4.00. The lowest BCUT2D eigenvalue weighted by atomic mass is 9.85. The summed E-state index contributed by atoms with van der Waals surface area (Å²) < 4.78 is 40.1. The second kappa shape index (κ2) is 14.1. The van der Waals surface area contributed by atoms with E-state index in [0.29, 0.717) is 62.1 Å². The summed E-state index contributed by atoms with van der Waals surface area (Å²) in [6.45, 7) is 6.10. The number of rotatable bonds is 7. The van der Waals surface area contributed by atoms with E-state index in [1.807, 2.05) is 43.3 Å². The molecular formula is C38H49N5O9S. The number of benzene rings is 1. The molecule has 7 atom stereocenters. The largest absolute Gasteiger partial charge is 0.491 e. The Morgan fingerprint density at radius 3 is 2.64 bits per heavy atom. The summed E-state index contributed by atoms with van der Waals surface area (Å²) in [6.07, 6.45) is 6.84. The van der Waals surface area contributed by atoms with E-state index in [1.165, 1.54) is 4.90 Å². The lowest BCUT2D eigenvalue weighted by molar-refractivity contribution is -0.142. The second-order valence-electron chi connectivity index (χ2n) is 15.8. The Morgan fingerprint density at radius 2 is 1.92 bits per heavy atom. The Kier molecular flexibility index (Phi) is 9.83. The molecule has 3 fully saturated rings. The molecular weight excluding hydrogens is 703 g/mol. The van der Waals surface area contributed by atoms with Crippen LogP contribution in [0.3, 0.4) is 0 Å². The van der Waals surface area contributed by atoms with Crippen molar-refractivity contribution < 1.29 is 42.2 Å². The van der Waals surface area contributed by atoms with Gasteiger partial charge in [0.15, 0.2) is 0 Å². The Bertz CT molecular complexity index is 1950. The lowest BCUT2D eigenvalue weighted by Gasteiger charge is -2.33. The molecule has 1 aromatic carbocycles. The van der Waals surface area contributed by atoms with E-state index in [2.05, 4.69) is 22.3 Å². The highest BCUT2D eigenvalue weighted by molar-refractivity contribution is 7.91. The monoisotopic (exact) mass is 751 g/mol. The number of carboxylic acid groups (broad SMARTS) is 1. The molecule has 0 bridgehead atoms. The minimum absolute atomic E-state index is 0.0305. The quantitative estimate of drug-likeness (QED) is 0.303. The van der Waals surface area contributed by atoms with E-state index in [1.54, 1.807) is 6.92 Å². The van der Waals surface area contributed by atoms with Crippen LogP contribution in [0.2, 0.25) is 0 Å². The zero-order valence-corrected chi connectivity index (χ0v) is 31.2. The standard InChI is InChI=1S/C38H49N5O9S/c1-4-23-18-22(2)10-5-6-11-24-20-38(24,35(46)42-53(49,50)37(3)15-16-37)41-32(44)29-19-25(21-43(29)34(45)30(23)40-36(47)48)52-33-27-13-8-7-12-26(27)31-28(39-33)14-9-17-51-31/h6-8,11-13,22-25,29-30,40H,4-5,9-10,14-21H2,1-3H3,(H,41,44)(H,42,46)(H,47,48)/t22-,23-,24-,25-,29+,30+,38-/m1/s1. The number of nitrogens with zero attached hydrogens (tertiary/aromatic N) is 2. The van der Waals surface area contributed by atoms with Gasteiger partial charge in [0.05, 0.1) is 23.6 Å². The zero-order valence-electron chi connectivity index (χ0n) is 30.4. The summed E-state index contributed by atoms with van der Waals surface area (Å²) in [5.74, 6) is -1.63. The van der Waals surface area contributed by atoms with E-state index in [9.17, 15) is 32.7 Å². The highest BCUT2D eigenvalue weighted by Crippen LogP contribution is 2.48. The van der Waals surface area contributed by atoms with Crippen LogP contribution in [0, 0.1) is 17.8 Å². The van der Waals surface area contributed by atoms with Crippen molar-refractivity contribution in [3.05, 3.63) is 42.1 Å². The number of aromatic nitrogens is 1. The molecule has 2 saturated carbocycles. The third-order valence-corrected chi connectivity index (χ3v) is 14.0. The molecule has 1 aromatic heterocycles. The molecule has 7 rings (SSSR count). The van der Waals surface area contributed by atoms with Gasteiger partial charge in [-0.25, -0.2) is 18.2 Å². The summed E-state index contributed by atoms with van der Waals surface area (Å²) in [4.78, 5) is 61.2. The van der Waals surface area contributed by atoms with Gasteiger partial charge >= 0.3 is 6.09 Å². The molecule has 4 amide bonds. The highest BCUT2D eigenvalue weighted by atomic mass is 32.2. The molecule has 0 spiro atoms. The molecule has 4 N–H and O–H groups in total. The molecule has 0 unspecified atom stereocenters. The minimum Gasteiger partial charge on any atom is -0.491 e. The van der Waals surface area contributed by atoms with Crippen LogP contribution in [0.1, 0.15) is 84.3 Å². The molecule has 3 aliphatic heterocycles. The fraction of sp³-hybridized carbons (Fsp3) is 0.605. The SMILES string of the molecule is CC[C@@H]1C[C@H](C)CCC=C[C@@H]2C[C@@]2(C(=O)NS(=O)(=O)C2(C)CC2)NC(=O)[C@@H]2C[C@@H](Oc3nc4c(c5ccccc35)OCCC4)CN2C(=O)[C@H]1NC(=O)O. The fourth-order valence-corrected chi connectivity index (χ4v) is 9.51. The number of amides is 4. The first-order chi connectivity index (χ1) is 25.2. The Morgan fingerprint density at radius 1 is 1.17 bits per heavy atom. The molecule has 5 aliphatic rings. The van der Waals surface area contributed by atoms with E-state index >= 15 is 0 Å². The van der Waals surface area contributed by atoms with Crippen LogP contribution < -0.4 is 24.8 Å². The van der Waals surface area contributed by atoms with E-state index in [0.717, 1.165) is 23.9 Å². The van der Waals surface area contributed by atoms with Crippen molar-refractivity contribution in [2.75, 3.05) is 13.2 Å². The molecule has 14 nitrogen and oxygen atoms in total. The zero-order chi connectivity index (χ0) is 37.7. The predicted molar refractivity (Wildman–Crippen MR) is 195 cm³/mol. The first kappa shape index (κ1) is 36.9. The van der Waals surface area contributed by atoms with E-state index in [-0.39, 0.29) is 31.2 Å². The fourth-order valence-electron chi connectivity index (χ4n) is 8.20. The average molecular weight is 752 g/mol. The maximum atomic E-state index is 14.6. The maximum absolute atomic E-state index is 14.6. The first-order valence-corrected chi connectivity index (χ1v) is 20.3. The van der Waals surface area contributed by atoms with Crippen LogP contribution in [-0.4, -0.2) is 88.8 Å². The molecule has 2 aromatic rings. The van der Waals surface area contributed by atoms with Crippen LogP contribution >= 0.6 is 0 Å². The number of aryl methyl sites for hydroxylation is 1. The number of carbonyl (C=O) groups is 4. The van der Waals surface area contributed by atoms with Crippen LogP contribution in [0.4, 0.5) is 4.79 Å². The Hall–Kier alpha value is -4.40. The summed E-state index contributed by atoms with van der Waals surface area (Å²) in [5, 5.41) is 16.8.